The Balaban J connectivity index is 2.70. The van der Waals surface area contributed by atoms with Gasteiger partial charge in [0.15, 0.2) is 5.75 Å². The lowest BCUT2D eigenvalue weighted by Gasteiger charge is -2.01. The Hall–Kier alpha value is -0.740. The first kappa shape index (κ1) is 9.80. The molecule has 0 fully saturated rings. The van der Waals surface area contributed by atoms with Crippen molar-refractivity contribution in [3.63, 3.8) is 0 Å². The zero-order chi connectivity index (χ0) is 10.1. The van der Waals surface area contributed by atoms with E-state index in [9.17, 15) is 0 Å². The second kappa shape index (κ2) is 3.79. The Kier molecular flexibility index (Phi) is 2.65. The number of hydrogen-bond acceptors (Lipinski definition) is 3. The Bertz CT molecular complexity index is 466. The van der Waals surface area contributed by atoms with Gasteiger partial charge in [0.05, 0.1) is 11.3 Å². The molecule has 14 heavy (non-hydrogen) atoms. The molecule has 0 saturated heterocycles. The highest BCUT2D eigenvalue weighted by Gasteiger charge is 2.12. The SMILES string of the molecule is CCOc1c(Br)sc2c(N)cccc12. The van der Waals surface area contributed by atoms with Gasteiger partial charge in [-0.1, -0.05) is 6.07 Å². The standard InChI is InChI=1S/C10H10BrNOS/c1-2-13-8-6-4-3-5-7(12)9(6)14-10(8)11/h3-5H,2,12H2,1H3. The van der Waals surface area contributed by atoms with Gasteiger partial charge in [-0.15, -0.1) is 11.3 Å². The summed E-state index contributed by atoms with van der Waals surface area (Å²) in [6.07, 6.45) is 0. The van der Waals surface area contributed by atoms with Gasteiger partial charge in [0, 0.05) is 11.1 Å². The molecule has 0 radical (unpaired) electrons. The van der Waals surface area contributed by atoms with Crippen molar-refractivity contribution in [3.05, 3.63) is 22.0 Å². The van der Waals surface area contributed by atoms with Crippen LogP contribution in [-0.4, -0.2) is 6.61 Å². The number of thiophene rings is 1. The van der Waals surface area contributed by atoms with Gasteiger partial charge in [-0.3, -0.25) is 0 Å². The van der Waals surface area contributed by atoms with E-state index in [0.29, 0.717) is 6.61 Å². The van der Waals surface area contributed by atoms with Gasteiger partial charge in [-0.2, -0.15) is 0 Å². The molecule has 2 rings (SSSR count). The fourth-order valence-corrected chi connectivity index (χ4v) is 3.08. The van der Waals surface area contributed by atoms with E-state index in [-0.39, 0.29) is 0 Å². The molecule has 0 atom stereocenters. The molecule has 1 heterocycles. The second-order valence-electron chi connectivity index (χ2n) is 2.86. The summed E-state index contributed by atoms with van der Waals surface area (Å²) >= 11 is 5.09. The van der Waals surface area contributed by atoms with Crippen LogP contribution < -0.4 is 10.5 Å². The van der Waals surface area contributed by atoms with Crippen molar-refractivity contribution in [1.82, 2.24) is 0 Å². The first-order chi connectivity index (χ1) is 6.74. The molecule has 2 aromatic rings. The number of benzene rings is 1. The van der Waals surface area contributed by atoms with Gasteiger partial charge < -0.3 is 10.5 Å². The zero-order valence-corrected chi connectivity index (χ0v) is 10.1. The fraction of sp³-hybridized carbons (Fsp3) is 0.200. The van der Waals surface area contributed by atoms with Gasteiger partial charge in [-0.05, 0) is 35.0 Å². The van der Waals surface area contributed by atoms with E-state index < -0.39 is 0 Å². The Morgan fingerprint density at radius 3 is 3.00 bits per heavy atom. The van der Waals surface area contributed by atoms with Crippen LogP contribution in [-0.2, 0) is 0 Å². The number of nitrogens with two attached hydrogens (primary N) is 1. The minimum Gasteiger partial charge on any atom is -0.491 e. The Morgan fingerprint density at radius 1 is 1.50 bits per heavy atom. The van der Waals surface area contributed by atoms with Gasteiger partial charge in [0.2, 0.25) is 0 Å². The minimum absolute atomic E-state index is 0.666. The molecule has 0 bridgehead atoms. The Morgan fingerprint density at radius 2 is 2.29 bits per heavy atom. The van der Waals surface area contributed by atoms with Gasteiger partial charge in [-0.25, -0.2) is 0 Å². The third kappa shape index (κ3) is 1.48. The van der Waals surface area contributed by atoms with Crippen molar-refractivity contribution < 1.29 is 4.74 Å². The molecule has 0 amide bonds. The largest absolute Gasteiger partial charge is 0.491 e. The number of fused-ring (bicyclic) bond motifs is 1. The molecule has 1 aromatic carbocycles. The summed E-state index contributed by atoms with van der Waals surface area (Å²) in [6.45, 7) is 2.64. The first-order valence-electron chi connectivity index (χ1n) is 4.33. The van der Waals surface area contributed by atoms with Gasteiger partial charge >= 0.3 is 0 Å². The lowest BCUT2D eigenvalue weighted by Crippen LogP contribution is -1.90. The monoisotopic (exact) mass is 271 g/mol. The van der Waals surface area contributed by atoms with Crippen LogP contribution in [0.1, 0.15) is 6.92 Å². The van der Waals surface area contributed by atoms with E-state index in [2.05, 4.69) is 15.9 Å². The lowest BCUT2D eigenvalue weighted by atomic mass is 10.2. The predicted molar refractivity (Wildman–Crippen MR) is 65.1 cm³/mol. The van der Waals surface area contributed by atoms with Gasteiger partial charge in [0.1, 0.15) is 3.79 Å². The normalized spacial score (nSPS) is 10.7. The number of anilines is 1. The van der Waals surface area contributed by atoms with Crippen molar-refractivity contribution in [2.24, 2.45) is 0 Å². The minimum atomic E-state index is 0.666. The number of halogens is 1. The fourth-order valence-electron chi connectivity index (χ4n) is 1.37. The van der Waals surface area contributed by atoms with Crippen LogP contribution in [0.5, 0.6) is 5.75 Å². The summed E-state index contributed by atoms with van der Waals surface area (Å²) < 4.78 is 7.65. The van der Waals surface area contributed by atoms with Crippen molar-refractivity contribution in [3.8, 4) is 5.75 Å². The van der Waals surface area contributed by atoms with Crippen LogP contribution in [0.3, 0.4) is 0 Å². The van der Waals surface area contributed by atoms with Crippen LogP contribution in [0.2, 0.25) is 0 Å². The lowest BCUT2D eigenvalue weighted by molar-refractivity contribution is 0.344. The predicted octanol–water partition coefficient (Wildman–Crippen LogP) is 3.64. The highest BCUT2D eigenvalue weighted by atomic mass is 79.9. The zero-order valence-electron chi connectivity index (χ0n) is 7.71. The molecule has 1 aromatic heterocycles. The molecule has 4 heteroatoms. The number of ether oxygens (including phenoxy) is 1. The van der Waals surface area contributed by atoms with Crippen molar-refractivity contribution in [2.45, 2.75) is 6.92 Å². The summed E-state index contributed by atoms with van der Waals surface area (Å²) in [4.78, 5) is 0. The molecule has 2 nitrogen and oxygen atoms in total. The third-order valence-corrected chi connectivity index (χ3v) is 3.82. The van der Waals surface area contributed by atoms with Gasteiger partial charge in [0.25, 0.3) is 0 Å². The van der Waals surface area contributed by atoms with E-state index in [0.717, 1.165) is 25.3 Å². The maximum absolute atomic E-state index is 5.87. The molecule has 0 aliphatic heterocycles. The topological polar surface area (TPSA) is 35.2 Å². The molecule has 0 unspecified atom stereocenters. The average molecular weight is 272 g/mol. The van der Waals surface area contributed by atoms with Crippen LogP contribution in [0, 0.1) is 0 Å². The smallest absolute Gasteiger partial charge is 0.152 e. The summed E-state index contributed by atoms with van der Waals surface area (Å²) in [5.41, 5.74) is 6.67. The maximum atomic E-state index is 5.87. The molecule has 0 spiro atoms. The van der Waals surface area contributed by atoms with Crippen LogP contribution >= 0.6 is 27.3 Å². The third-order valence-electron chi connectivity index (χ3n) is 1.95. The van der Waals surface area contributed by atoms with Crippen LogP contribution in [0.15, 0.2) is 22.0 Å². The van der Waals surface area contributed by atoms with E-state index in [1.807, 2.05) is 25.1 Å². The number of nitrogen functional groups attached to an aromatic ring is 1. The summed E-state index contributed by atoms with van der Waals surface area (Å²) in [5, 5.41) is 1.09. The van der Waals surface area contributed by atoms with Crippen LogP contribution in [0.25, 0.3) is 10.1 Å². The summed E-state index contributed by atoms with van der Waals surface area (Å²) in [6, 6.07) is 5.87. The maximum Gasteiger partial charge on any atom is 0.152 e. The van der Waals surface area contributed by atoms with Crippen molar-refractivity contribution in [2.75, 3.05) is 12.3 Å². The van der Waals surface area contributed by atoms with E-state index >= 15 is 0 Å². The molecule has 0 aliphatic rings. The van der Waals surface area contributed by atoms with Crippen LogP contribution in [0.4, 0.5) is 5.69 Å². The quantitative estimate of drug-likeness (QED) is 0.847. The van der Waals surface area contributed by atoms with E-state index in [4.69, 9.17) is 10.5 Å². The summed E-state index contributed by atoms with van der Waals surface area (Å²) in [5.74, 6) is 0.903. The molecule has 0 aliphatic carbocycles. The first-order valence-corrected chi connectivity index (χ1v) is 5.94. The molecular weight excluding hydrogens is 262 g/mol. The van der Waals surface area contributed by atoms with Crippen molar-refractivity contribution >= 4 is 43.0 Å². The number of rotatable bonds is 2. The van der Waals surface area contributed by atoms with E-state index in [1.165, 1.54) is 0 Å². The average Bonchev–Trinajstić information content (AvgIpc) is 2.47. The van der Waals surface area contributed by atoms with Crippen molar-refractivity contribution in [1.29, 1.82) is 0 Å². The van der Waals surface area contributed by atoms with E-state index in [1.54, 1.807) is 11.3 Å². The number of hydrogen-bond donors (Lipinski definition) is 1. The Labute approximate surface area is 94.8 Å². The molecule has 74 valence electrons. The molecule has 0 saturated carbocycles. The highest BCUT2D eigenvalue weighted by Crippen LogP contribution is 2.43. The summed E-state index contributed by atoms with van der Waals surface area (Å²) in [7, 11) is 0. The molecule has 2 N–H and O–H groups in total. The molecular formula is C10H10BrNOS. The highest BCUT2D eigenvalue weighted by molar-refractivity contribution is 9.11. The second-order valence-corrected chi connectivity index (χ2v) is 5.20.